The molecule has 0 amide bonds. The molecule has 108 valence electrons. The van der Waals surface area contributed by atoms with Crippen LogP contribution in [0.3, 0.4) is 0 Å². The molecule has 1 N–H and O–H groups in total. The molecule has 21 heavy (non-hydrogen) atoms. The molecule has 0 aliphatic rings. The maximum absolute atomic E-state index is 11.6. The highest BCUT2D eigenvalue weighted by atomic mass is 16.5. The summed E-state index contributed by atoms with van der Waals surface area (Å²) in [5.41, 5.74) is 0.515. The highest BCUT2D eigenvalue weighted by Gasteiger charge is 2.26. The van der Waals surface area contributed by atoms with Gasteiger partial charge in [-0.05, 0) is 24.6 Å². The van der Waals surface area contributed by atoms with E-state index < -0.39 is 11.5 Å². The van der Waals surface area contributed by atoms with Gasteiger partial charge in [0.2, 0.25) is 0 Å². The number of aldehydes is 1. The van der Waals surface area contributed by atoms with Gasteiger partial charge >= 0.3 is 5.97 Å². The fraction of sp³-hybridized carbons (Fsp3) is 0.176. The first-order chi connectivity index (χ1) is 10.0. The van der Waals surface area contributed by atoms with E-state index in [-0.39, 0.29) is 0 Å². The van der Waals surface area contributed by atoms with Crippen molar-refractivity contribution in [1.82, 2.24) is 0 Å². The Morgan fingerprint density at radius 2 is 1.71 bits per heavy atom. The normalized spacial score (nSPS) is 13.0. The number of rotatable bonds is 5. The minimum atomic E-state index is -0.905. The molecule has 1 atom stereocenters. The molecular weight excluding hydrogens is 266 g/mol. The van der Waals surface area contributed by atoms with Crippen LogP contribution in [0, 0.1) is 0 Å². The van der Waals surface area contributed by atoms with Gasteiger partial charge in [-0.2, -0.15) is 0 Å². The van der Waals surface area contributed by atoms with E-state index >= 15 is 0 Å². The monoisotopic (exact) mass is 283 g/mol. The fourth-order valence-electron chi connectivity index (χ4n) is 2.05. The second kappa shape index (κ2) is 6.22. The number of hydrogen-bond donors (Lipinski definition) is 1. The average Bonchev–Trinajstić information content (AvgIpc) is 2.49. The van der Waals surface area contributed by atoms with Crippen LogP contribution >= 0.6 is 0 Å². The molecule has 0 aromatic heterocycles. The van der Waals surface area contributed by atoms with Crippen molar-refractivity contribution >= 4 is 17.9 Å². The zero-order chi connectivity index (χ0) is 15.3. The molecule has 2 aromatic rings. The van der Waals surface area contributed by atoms with E-state index in [0.717, 1.165) is 11.8 Å². The van der Waals surface area contributed by atoms with E-state index in [9.17, 15) is 9.59 Å². The van der Waals surface area contributed by atoms with Crippen molar-refractivity contribution < 1.29 is 14.3 Å². The maximum Gasteiger partial charge on any atom is 0.308 e. The molecule has 2 aromatic carbocycles. The Kier molecular flexibility index (Phi) is 4.38. The van der Waals surface area contributed by atoms with Gasteiger partial charge in [0.25, 0.3) is 0 Å². The van der Waals surface area contributed by atoms with Crippen LogP contribution in [-0.2, 0) is 15.1 Å². The van der Waals surface area contributed by atoms with Crippen LogP contribution in [0.2, 0.25) is 0 Å². The summed E-state index contributed by atoms with van der Waals surface area (Å²) in [5.74, 6) is -0.00854. The smallest absolute Gasteiger partial charge is 0.308 e. The standard InChI is InChI=1S/C17H17NO3/c1-13(20)21-16-11-7-6-10-15(16)18-17(2,12-19)14-8-4-3-5-9-14/h3-12,18H,1-2H3/t17-/m1/s1. The number of para-hydroxylation sites is 2. The quantitative estimate of drug-likeness (QED) is 0.520. The Bertz CT molecular complexity index is 639. The third-order valence-corrected chi connectivity index (χ3v) is 3.14. The molecule has 0 aliphatic carbocycles. The van der Waals surface area contributed by atoms with Crippen LogP contribution in [0.4, 0.5) is 5.69 Å². The second-order valence-corrected chi connectivity index (χ2v) is 4.90. The van der Waals surface area contributed by atoms with Crippen molar-refractivity contribution in [2.24, 2.45) is 0 Å². The van der Waals surface area contributed by atoms with Crippen LogP contribution in [0.1, 0.15) is 19.4 Å². The Labute approximate surface area is 123 Å². The number of benzene rings is 2. The molecule has 0 saturated carbocycles. The summed E-state index contributed by atoms with van der Waals surface area (Å²) in [5, 5.41) is 3.15. The first kappa shape index (κ1) is 14.8. The summed E-state index contributed by atoms with van der Waals surface area (Å²) in [4.78, 5) is 22.7. The number of ether oxygens (including phenoxy) is 1. The van der Waals surface area contributed by atoms with Crippen molar-refractivity contribution in [2.45, 2.75) is 19.4 Å². The van der Waals surface area contributed by atoms with Crippen LogP contribution in [0.25, 0.3) is 0 Å². The number of carbonyl (C=O) groups excluding carboxylic acids is 2. The summed E-state index contributed by atoms with van der Waals surface area (Å²) in [6, 6.07) is 16.4. The van der Waals surface area contributed by atoms with E-state index in [4.69, 9.17) is 4.74 Å². The van der Waals surface area contributed by atoms with E-state index in [0.29, 0.717) is 11.4 Å². The summed E-state index contributed by atoms with van der Waals surface area (Å²) in [6.45, 7) is 3.12. The maximum atomic E-state index is 11.6. The molecule has 0 saturated heterocycles. The molecule has 4 heteroatoms. The van der Waals surface area contributed by atoms with Crippen LogP contribution in [-0.4, -0.2) is 12.3 Å². The number of anilines is 1. The third kappa shape index (κ3) is 3.48. The van der Waals surface area contributed by atoms with Crippen molar-refractivity contribution in [3.63, 3.8) is 0 Å². The molecule has 4 nitrogen and oxygen atoms in total. The van der Waals surface area contributed by atoms with Gasteiger partial charge in [0.1, 0.15) is 11.8 Å². The Morgan fingerprint density at radius 3 is 2.33 bits per heavy atom. The van der Waals surface area contributed by atoms with Crippen molar-refractivity contribution in [3.05, 3.63) is 60.2 Å². The molecule has 0 heterocycles. The topological polar surface area (TPSA) is 55.4 Å². The van der Waals surface area contributed by atoms with Gasteiger partial charge in [-0.25, -0.2) is 0 Å². The van der Waals surface area contributed by atoms with Crippen LogP contribution < -0.4 is 10.1 Å². The molecule has 0 spiro atoms. The van der Waals surface area contributed by atoms with Crippen LogP contribution in [0.5, 0.6) is 5.75 Å². The SMILES string of the molecule is CC(=O)Oc1ccccc1N[C@](C)(C=O)c1ccccc1. The van der Waals surface area contributed by atoms with Crippen molar-refractivity contribution in [3.8, 4) is 5.75 Å². The molecule has 0 radical (unpaired) electrons. The third-order valence-electron chi connectivity index (χ3n) is 3.14. The number of esters is 1. The highest BCUT2D eigenvalue weighted by Crippen LogP contribution is 2.30. The molecular formula is C17H17NO3. The van der Waals surface area contributed by atoms with Gasteiger partial charge in [0, 0.05) is 6.92 Å². The van der Waals surface area contributed by atoms with Gasteiger partial charge in [0.05, 0.1) is 5.69 Å². The van der Waals surface area contributed by atoms with Gasteiger partial charge in [0.15, 0.2) is 5.75 Å². The van der Waals surface area contributed by atoms with Gasteiger partial charge in [-0.1, -0.05) is 42.5 Å². The first-order valence-corrected chi connectivity index (χ1v) is 6.62. The van der Waals surface area contributed by atoms with Crippen molar-refractivity contribution in [1.29, 1.82) is 0 Å². The molecule has 0 fully saturated rings. The van der Waals surface area contributed by atoms with Gasteiger partial charge < -0.3 is 14.8 Å². The first-order valence-electron chi connectivity index (χ1n) is 6.62. The Balaban J connectivity index is 2.35. The highest BCUT2D eigenvalue weighted by molar-refractivity contribution is 5.77. The predicted octanol–water partition coefficient (Wildman–Crippen LogP) is 3.14. The minimum absolute atomic E-state index is 0.397. The predicted molar refractivity (Wildman–Crippen MR) is 81.2 cm³/mol. The minimum Gasteiger partial charge on any atom is -0.425 e. The molecule has 0 bridgehead atoms. The summed E-state index contributed by atoms with van der Waals surface area (Å²) < 4.78 is 5.15. The lowest BCUT2D eigenvalue weighted by Crippen LogP contribution is -2.33. The largest absolute Gasteiger partial charge is 0.425 e. The van der Waals surface area contributed by atoms with E-state index in [2.05, 4.69) is 5.32 Å². The van der Waals surface area contributed by atoms with E-state index in [1.807, 2.05) is 36.4 Å². The zero-order valence-electron chi connectivity index (χ0n) is 12.0. The summed E-state index contributed by atoms with van der Waals surface area (Å²) in [7, 11) is 0. The van der Waals surface area contributed by atoms with Crippen LogP contribution in [0.15, 0.2) is 54.6 Å². The van der Waals surface area contributed by atoms with E-state index in [1.54, 1.807) is 25.1 Å². The Hall–Kier alpha value is -2.62. The number of nitrogens with one attached hydrogen (secondary N) is 1. The van der Waals surface area contributed by atoms with Gasteiger partial charge in [-0.15, -0.1) is 0 Å². The fourth-order valence-corrected chi connectivity index (χ4v) is 2.05. The van der Waals surface area contributed by atoms with E-state index in [1.165, 1.54) is 6.92 Å². The average molecular weight is 283 g/mol. The molecule has 0 aliphatic heterocycles. The van der Waals surface area contributed by atoms with Gasteiger partial charge in [-0.3, -0.25) is 4.79 Å². The Morgan fingerprint density at radius 1 is 1.10 bits per heavy atom. The lowest BCUT2D eigenvalue weighted by molar-refractivity contribution is -0.131. The molecule has 2 rings (SSSR count). The zero-order valence-corrected chi connectivity index (χ0v) is 12.0. The summed E-state index contributed by atoms with van der Waals surface area (Å²) in [6.07, 6.45) is 0.840. The number of hydrogen-bond acceptors (Lipinski definition) is 4. The molecule has 0 unspecified atom stereocenters. The lowest BCUT2D eigenvalue weighted by atomic mass is 9.93. The second-order valence-electron chi connectivity index (χ2n) is 4.90. The summed E-state index contributed by atoms with van der Waals surface area (Å²) >= 11 is 0. The lowest BCUT2D eigenvalue weighted by Gasteiger charge is -2.27. The van der Waals surface area contributed by atoms with Crippen molar-refractivity contribution in [2.75, 3.05) is 5.32 Å². The number of carbonyl (C=O) groups is 2.